The van der Waals surface area contributed by atoms with Gasteiger partial charge >= 0.3 is 0 Å². The first-order chi connectivity index (χ1) is 7.88. The highest BCUT2D eigenvalue weighted by Gasteiger charge is 2.42. The molecule has 2 nitrogen and oxygen atoms in total. The molecule has 0 aromatic heterocycles. The maximum Gasteiger partial charge on any atom is 0.0839 e. The van der Waals surface area contributed by atoms with Gasteiger partial charge in [0.1, 0.15) is 0 Å². The average molecular weight is 240 g/mol. The highest BCUT2D eigenvalue weighted by atomic mass is 15.4. The molecule has 0 unspecified atom stereocenters. The Morgan fingerprint density at radius 3 is 2.00 bits per heavy atom. The minimum atomic E-state index is 1.07. The van der Waals surface area contributed by atoms with Crippen molar-refractivity contribution in [2.75, 3.05) is 54.4 Å². The van der Waals surface area contributed by atoms with Gasteiger partial charge in [0.25, 0.3) is 0 Å². The minimum Gasteiger partial charge on any atom is -0.331 e. The zero-order valence-electron chi connectivity index (χ0n) is 12.4. The molecule has 0 bridgehead atoms. The fourth-order valence-corrected chi connectivity index (χ4v) is 4.08. The molecule has 2 aliphatic rings. The predicted octanol–water partition coefficient (Wildman–Crippen LogP) is 2.35. The van der Waals surface area contributed by atoms with Crippen LogP contribution in [0.25, 0.3) is 0 Å². The van der Waals surface area contributed by atoms with Crippen molar-refractivity contribution in [2.45, 2.75) is 32.1 Å². The summed E-state index contributed by atoms with van der Waals surface area (Å²) in [7, 11) is 9.44. The second-order valence-electron chi connectivity index (χ2n) is 7.88. The van der Waals surface area contributed by atoms with Crippen molar-refractivity contribution < 1.29 is 8.97 Å². The van der Waals surface area contributed by atoms with Gasteiger partial charge in [0, 0.05) is 18.3 Å². The van der Waals surface area contributed by atoms with Crippen molar-refractivity contribution >= 4 is 0 Å². The van der Waals surface area contributed by atoms with Crippen molar-refractivity contribution in [2.24, 2.45) is 11.8 Å². The van der Waals surface area contributed by atoms with Crippen LogP contribution in [-0.4, -0.2) is 63.3 Å². The highest BCUT2D eigenvalue weighted by molar-refractivity contribution is 4.80. The molecule has 1 saturated heterocycles. The number of hydrogen-bond acceptors (Lipinski definition) is 0. The van der Waals surface area contributed by atoms with Gasteiger partial charge in [-0.25, -0.2) is 0 Å². The Hall–Kier alpha value is -0.0800. The van der Waals surface area contributed by atoms with E-state index in [0.717, 1.165) is 16.3 Å². The molecular weight excluding hydrogens is 208 g/mol. The van der Waals surface area contributed by atoms with Crippen LogP contribution in [-0.2, 0) is 0 Å². The van der Waals surface area contributed by atoms with E-state index in [4.69, 9.17) is 0 Å². The standard InChI is InChI=1S/C15H32N2/c1-16(2,3)10-7-11-17(4)12-14-8-5-6-9-15(14)13-17/h14-15H,5-13H2,1-4H3/q+2/t14-,15-/m0/s1. The number of quaternary nitrogens is 2. The molecule has 0 aromatic carbocycles. The second-order valence-corrected chi connectivity index (χ2v) is 7.88. The smallest absolute Gasteiger partial charge is 0.0839 e. The Balaban J connectivity index is 1.80. The first-order valence-corrected chi connectivity index (χ1v) is 7.52. The zero-order valence-corrected chi connectivity index (χ0v) is 12.4. The maximum absolute atomic E-state index is 2.51. The third-order valence-corrected chi connectivity index (χ3v) is 4.94. The number of rotatable bonds is 4. The highest BCUT2D eigenvalue weighted by Crippen LogP contribution is 2.38. The van der Waals surface area contributed by atoms with E-state index in [1.807, 2.05) is 0 Å². The van der Waals surface area contributed by atoms with Gasteiger partial charge in [0.05, 0.1) is 54.4 Å². The lowest BCUT2D eigenvalue weighted by atomic mass is 9.82. The molecule has 1 heterocycles. The SMILES string of the molecule is C[N+](C)(C)CCC[N+]1(C)C[C@@H]2CCCC[C@H]2C1. The number of hydrogen-bond donors (Lipinski definition) is 0. The summed E-state index contributed by atoms with van der Waals surface area (Å²) >= 11 is 0. The Bertz CT molecular complexity index is 240. The van der Waals surface area contributed by atoms with E-state index in [9.17, 15) is 0 Å². The molecule has 0 radical (unpaired) electrons. The summed E-state index contributed by atoms with van der Waals surface area (Å²) in [6.45, 7) is 5.68. The molecule has 0 N–H and O–H groups in total. The molecule has 2 atom stereocenters. The van der Waals surface area contributed by atoms with Crippen LogP contribution in [0.4, 0.5) is 0 Å². The van der Waals surface area contributed by atoms with Crippen molar-refractivity contribution in [1.82, 2.24) is 0 Å². The first-order valence-electron chi connectivity index (χ1n) is 7.52. The largest absolute Gasteiger partial charge is 0.331 e. The average Bonchev–Trinajstić information content (AvgIpc) is 2.51. The Morgan fingerprint density at radius 2 is 1.53 bits per heavy atom. The van der Waals surface area contributed by atoms with Gasteiger partial charge in [0.2, 0.25) is 0 Å². The summed E-state index contributed by atoms with van der Waals surface area (Å²) in [5.74, 6) is 2.13. The van der Waals surface area contributed by atoms with Gasteiger partial charge in [0.15, 0.2) is 0 Å². The van der Waals surface area contributed by atoms with Crippen LogP contribution in [0.1, 0.15) is 32.1 Å². The van der Waals surface area contributed by atoms with Crippen molar-refractivity contribution in [3.05, 3.63) is 0 Å². The molecule has 1 aliphatic heterocycles. The number of nitrogens with zero attached hydrogens (tertiary/aromatic N) is 2. The van der Waals surface area contributed by atoms with Gasteiger partial charge in [-0.1, -0.05) is 12.8 Å². The van der Waals surface area contributed by atoms with E-state index in [1.165, 1.54) is 62.8 Å². The van der Waals surface area contributed by atoms with E-state index in [2.05, 4.69) is 28.2 Å². The van der Waals surface area contributed by atoms with E-state index >= 15 is 0 Å². The zero-order chi connectivity index (χ0) is 12.5. The molecule has 0 spiro atoms. The van der Waals surface area contributed by atoms with Crippen molar-refractivity contribution in [3.8, 4) is 0 Å². The molecule has 1 aliphatic carbocycles. The van der Waals surface area contributed by atoms with Crippen molar-refractivity contribution in [3.63, 3.8) is 0 Å². The fourth-order valence-electron chi connectivity index (χ4n) is 4.08. The van der Waals surface area contributed by atoms with Gasteiger partial charge < -0.3 is 8.97 Å². The Labute approximate surface area is 108 Å². The van der Waals surface area contributed by atoms with Gasteiger partial charge in [-0.3, -0.25) is 0 Å². The summed E-state index contributed by atoms with van der Waals surface area (Å²) in [6.07, 6.45) is 7.43. The maximum atomic E-state index is 2.51. The van der Waals surface area contributed by atoms with E-state index in [-0.39, 0.29) is 0 Å². The summed E-state index contributed by atoms with van der Waals surface area (Å²) in [5, 5.41) is 0. The van der Waals surface area contributed by atoms with Gasteiger partial charge in [-0.2, -0.15) is 0 Å². The second kappa shape index (κ2) is 4.89. The van der Waals surface area contributed by atoms with Gasteiger partial charge in [-0.15, -0.1) is 0 Å². The molecule has 100 valence electrons. The van der Waals surface area contributed by atoms with E-state index < -0.39 is 0 Å². The molecular formula is C15H32N2+2. The molecule has 0 amide bonds. The summed E-state index contributed by atoms with van der Waals surface area (Å²) in [5.41, 5.74) is 0. The molecule has 2 rings (SSSR count). The van der Waals surface area contributed by atoms with Crippen LogP contribution < -0.4 is 0 Å². The number of likely N-dealkylation sites (tertiary alicyclic amines) is 1. The minimum absolute atomic E-state index is 1.07. The molecule has 1 saturated carbocycles. The third kappa shape index (κ3) is 3.69. The monoisotopic (exact) mass is 240 g/mol. The number of fused-ring (bicyclic) bond motifs is 1. The lowest BCUT2D eigenvalue weighted by molar-refractivity contribution is -0.909. The van der Waals surface area contributed by atoms with E-state index in [0.29, 0.717) is 0 Å². The van der Waals surface area contributed by atoms with Crippen LogP contribution >= 0.6 is 0 Å². The van der Waals surface area contributed by atoms with Crippen LogP contribution in [0.3, 0.4) is 0 Å². The summed E-state index contributed by atoms with van der Waals surface area (Å²) < 4.78 is 2.49. The summed E-state index contributed by atoms with van der Waals surface area (Å²) in [4.78, 5) is 0. The Morgan fingerprint density at radius 1 is 1.00 bits per heavy atom. The first kappa shape index (κ1) is 13.4. The normalized spacial score (nSPS) is 32.5. The summed E-state index contributed by atoms with van der Waals surface area (Å²) in [6, 6.07) is 0. The van der Waals surface area contributed by atoms with Crippen LogP contribution in [0.15, 0.2) is 0 Å². The van der Waals surface area contributed by atoms with Crippen LogP contribution in [0.5, 0.6) is 0 Å². The molecule has 2 heteroatoms. The topological polar surface area (TPSA) is 0 Å². The van der Waals surface area contributed by atoms with Crippen molar-refractivity contribution in [1.29, 1.82) is 0 Å². The lowest BCUT2D eigenvalue weighted by Crippen LogP contribution is -2.45. The molecule has 0 aromatic rings. The third-order valence-electron chi connectivity index (χ3n) is 4.94. The molecule has 17 heavy (non-hydrogen) atoms. The van der Waals surface area contributed by atoms with E-state index in [1.54, 1.807) is 0 Å². The van der Waals surface area contributed by atoms with Crippen LogP contribution in [0, 0.1) is 11.8 Å². The van der Waals surface area contributed by atoms with Crippen LogP contribution in [0.2, 0.25) is 0 Å². The molecule has 2 fully saturated rings. The lowest BCUT2D eigenvalue weighted by Gasteiger charge is -2.32. The quantitative estimate of drug-likeness (QED) is 0.662. The van der Waals surface area contributed by atoms with Gasteiger partial charge in [-0.05, 0) is 12.8 Å². The Kier molecular flexibility index (Phi) is 3.84. The fraction of sp³-hybridized carbons (Fsp3) is 1.00. The predicted molar refractivity (Wildman–Crippen MR) is 73.7 cm³/mol.